The van der Waals surface area contributed by atoms with E-state index in [-0.39, 0.29) is 18.3 Å². The van der Waals surface area contributed by atoms with Crippen LogP contribution in [-0.2, 0) is 34.0 Å². The molecule has 0 unspecified atom stereocenters. The van der Waals surface area contributed by atoms with Crippen LogP contribution in [0.3, 0.4) is 0 Å². The minimum atomic E-state index is -0.238. The Kier molecular flexibility index (Phi) is 10.8. The Bertz CT molecular complexity index is 1010. The molecule has 0 spiro atoms. The Labute approximate surface area is 216 Å². The van der Waals surface area contributed by atoms with Gasteiger partial charge in [0, 0.05) is 13.1 Å². The van der Waals surface area contributed by atoms with Gasteiger partial charge in [-0.1, -0.05) is 116 Å². The number of hydrogen-bond donors (Lipinski definition) is 0. The van der Waals surface area contributed by atoms with Crippen LogP contribution in [0.15, 0.2) is 103 Å². The molecule has 0 radical (unpaired) electrons. The number of nitrogens with zero attached hydrogens (tertiary/aromatic N) is 1. The molecule has 1 aliphatic rings. The molecule has 0 amide bonds. The van der Waals surface area contributed by atoms with Gasteiger partial charge in [-0.3, -0.25) is 4.90 Å². The molecule has 1 aliphatic heterocycles. The number of benzene rings is 3. The third kappa shape index (κ3) is 8.42. The van der Waals surface area contributed by atoms with Crippen molar-refractivity contribution in [3.63, 3.8) is 0 Å². The summed E-state index contributed by atoms with van der Waals surface area (Å²) in [4.78, 5) is 2.47. The highest BCUT2D eigenvalue weighted by atomic mass is 16.6. The fraction of sp³-hybridized carbons (Fsp3) is 0.375. The molecule has 3 atom stereocenters. The summed E-state index contributed by atoms with van der Waals surface area (Å²) in [6, 6.07) is 31.0. The topological polar surface area (TPSA) is 30.9 Å². The van der Waals surface area contributed by atoms with Gasteiger partial charge in [0.15, 0.2) is 0 Å². The van der Waals surface area contributed by atoms with Crippen molar-refractivity contribution < 1.29 is 14.2 Å². The van der Waals surface area contributed by atoms with Crippen LogP contribution in [0.1, 0.15) is 36.5 Å². The second-order valence-corrected chi connectivity index (χ2v) is 9.40. The van der Waals surface area contributed by atoms with E-state index >= 15 is 0 Å². The van der Waals surface area contributed by atoms with E-state index in [1.807, 2.05) is 30.3 Å². The average Bonchev–Trinajstić information content (AvgIpc) is 2.93. The van der Waals surface area contributed by atoms with Gasteiger partial charge in [0.05, 0.1) is 25.9 Å². The summed E-state index contributed by atoms with van der Waals surface area (Å²) >= 11 is 0. The van der Waals surface area contributed by atoms with Crippen molar-refractivity contribution in [1.82, 2.24) is 4.90 Å². The predicted molar refractivity (Wildman–Crippen MR) is 146 cm³/mol. The monoisotopic (exact) mass is 485 g/mol. The molecule has 190 valence electrons. The van der Waals surface area contributed by atoms with Crippen molar-refractivity contribution in [3.8, 4) is 0 Å². The highest BCUT2D eigenvalue weighted by Gasteiger charge is 2.33. The second-order valence-electron chi connectivity index (χ2n) is 9.40. The number of ether oxygens (including phenoxy) is 3. The van der Waals surface area contributed by atoms with E-state index in [9.17, 15) is 0 Å². The Morgan fingerprint density at radius 1 is 0.694 bits per heavy atom. The number of rotatable bonds is 12. The summed E-state index contributed by atoms with van der Waals surface area (Å²) in [7, 11) is 0. The van der Waals surface area contributed by atoms with Crippen molar-refractivity contribution in [2.45, 2.75) is 57.9 Å². The molecule has 3 aromatic carbocycles. The molecule has 1 heterocycles. The summed E-state index contributed by atoms with van der Waals surface area (Å²) in [5.41, 5.74) is 3.47. The Balaban J connectivity index is 1.56. The van der Waals surface area contributed by atoms with Crippen LogP contribution in [0.4, 0.5) is 0 Å². The summed E-state index contributed by atoms with van der Waals surface area (Å²) in [6.07, 6.45) is 6.18. The first kappa shape index (κ1) is 26.3. The first-order valence-electron chi connectivity index (χ1n) is 13.2. The molecular formula is C32H39NO3. The van der Waals surface area contributed by atoms with Crippen molar-refractivity contribution >= 4 is 0 Å². The average molecular weight is 486 g/mol. The second kappa shape index (κ2) is 14.7. The maximum absolute atomic E-state index is 6.63. The molecule has 0 saturated carbocycles. The lowest BCUT2D eigenvalue weighted by Gasteiger charge is -2.37. The Hall–Kier alpha value is -2.76. The zero-order valence-electron chi connectivity index (χ0n) is 21.4. The van der Waals surface area contributed by atoms with Gasteiger partial charge in [-0.05, 0) is 29.7 Å². The molecule has 0 N–H and O–H groups in total. The maximum atomic E-state index is 6.63. The summed E-state index contributed by atoms with van der Waals surface area (Å²) in [6.45, 7) is 6.59. The number of unbranched alkanes of at least 4 members (excludes halogenated alkanes) is 1. The van der Waals surface area contributed by atoms with E-state index in [0.717, 1.165) is 30.8 Å². The van der Waals surface area contributed by atoms with Crippen LogP contribution in [0.5, 0.6) is 0 Å². The van der Waals surface area contributed by atoms with E-state index in [0.29, 0.717) is 19.8 Å². The van der Waals surface area contributed by atoms with Crippen molar-refractivity contribution in [1.29, 1.82) is 0 Å². The third-order valence-corrected chi connectivity index (χ3v) is 6.52. The zero-order valence-corrected chi connectivity index (χ0v) is 21.4. The summed E-state index contributed by atoms with van der Waals surface area (Å²) in [5, 5.41) is 0. The van der Waals surface area contributed by atoms with E-state index in [4.69, 9.17) is 14.2 Å². The van der Waals surface area contributed by atoms with Gasteiger partial charge in [-0.2, -0.15) is 0 Å². The third-order valence-electron chi connectivity index (χ3n) is 6.52. The molecule has 36 heavy (non-hydrogen) atoms. The Morgan fingerprint density at radius 3 is 1.78 bits per heavy atom. The first-order chi connectivity index (χ1) is 17.8. The minimum Gasteiger partial charge on any atom is -0.369 e. The lowest BCUT2D eigenvalue weighted by atomic mass is 10.0. The van der Waals surface area contributed by atoms with Crippen LogP contribution in [0.25, 0.3) is 0 Å². The highest BCUT2D eigenvalue weighted by Crippen LogP contribution is 2.22. The standard InChI is InChI=1S/C32H39NO3/c1-2-3-21-33-22-13-20-30(34-24-27-14-7-4-8-15-27)32(36-26-29-18-11-6-12-19-29)31(23-33)35-25-28-16-9-5-10-17-28/h4-20,30-32H,2-3,21-26H2,1H3/b20-13-/t30-,31+,32+/m1/s1. The van der Waals surface area contributed by atoms with Gasteiger partial charge in [-0.25, -0.2) is 0 Å². The molecule has 4 heteroatoms. The predicted octanol–water partition coefficient (Wildman–Crippen LogP) is 6.41. The van der Waals surface area contributed by atoms with Crippen LogP contribution in [0.2, 0.25) is 0 Å². The molecule has 4 rings (SSSR count). The normalized spacial score (nSPS) is 21.5. The quantitative estimate of drug-likeness (QED) is 0.277. The molecule has 0 fully saturated rings. The summed E-state index contributed by atoms with van der Waals surface area (Å²) in [5.74, 6) is 0. The van der Waals surface area contributed by atoms with Crippen LogP contribution < -0.4 is 0 Å². The first-order valence-corrected chi connectivity index (χ1v) is 13.2. The molecule has 4 nitrogen and oxygen atoms in total. The van der Waals surface area contributed by atoms with Crippen LogP contribution in [0, 0.1) is 0 Å². The Morgan fingerprint density at radius 2 is 1.22 bits per heavy atom. The lowest BCUT2D eigenvalue weighted by molar-refractivity contribution is -0.145. The van der Waals surface area contributed by atoms with Crippen LogP contribution in [-0.4, -0.2) is 42.8 Å². The van der Waals surface area contributed by atoms with Gasteiger partial charge in [0.1, 0.15) is 12.2 Å². The highest BCUT2D eigenvalue weighted by molar-refractivity contribution is 5.16. The number of hydrogen-bond acceptors (Lipinski definition) is 4. The van der Waals surface area contributed by atoms with E-state index in [1.165, 1.54) is 18.4 Å². The van der Waals surface area contributed by atoms with E-state index in [2.05, 4.69) is 84.6 Å². The van der Waals surface area contributed by atoms with Crippen LogP contribution >= 0.6 is 0 Å². The van der Waals surface area contributed by atoms with Crippen molar-refractivity contribution in [2.24, 2.45) is 0 Å². The molecule has 0 bridgehead atoms. The zero-order chi connectivity index (χ0) is 24.8. The largest absolute Gasteiger partial charge is 0.369 e. The lowest BCUT2D eigenvalue weighted by Crippen LogP contribution is -2.49. The van der Waals surface area contributed by atoms with Gasteiger partial charge < -0.3 is 14.2 Å². The molecule has 0 aliphatic carbocycles. The minimum absolute atomic E-state index is 0.128. The van der Waals surface area contributed by atoms with Crippen molar-refractivity contribution in [3.05, 3.63) is 120 Å². The van der Waals surface area contributed by atoms with E-state index < -0.39 is 0 Å². The van der Waals surface area contributed by atoms with Gasteiger partial charge in [0.25, 0.3) is 0 Å². The smallest absolute Gasteiger partial charge is 0.115 e. The van der Waals surface area contributed by atoms with Gasteiger partial charge in [0.2, 0.25) is 0 Å². The molecule has 0 saturated heterocycles. The fourth-order valence-electron chi connectivity index (χ4n) is 4.47. The SMILES string of the molecule is CCCCN1C/C=C\[C@@H](OCc2ccccc2)[C@H](OCc2ccccc2)[C@@H](OCc2ccccc2)C1. The molecule has 0 aromatic heterocycles. The summed E-state index contributed by atoms with van der Waals surface area (Å²) < 4.78 is 19.7. The maximum Gasteiger partial charge on any atom is 0.115 e. The van der Waals surface area contributed by atoms with E-state index in [1.54, 1.807) is 0 Å². The van der Waals surface area contributed by atoms with Gasteiger partial charge >= 0.3 is 0 Å². The fourth-order valence-corrected chi connectivity index (χ4v) is 4.47. The molecular weight excluding hydrogens is 446 g/mol. The molecule has 3 aromatic rings. The van der Waals surface area contributed by atoms with Gasteiger partial charge in [-0.15, -0.1) is 0 Å². The van der Waals surface area contributed by atoms with Crippen molar-refractivity contribution in [2.75, 3.05) is 19.6 Å².